The molecule has 0 fully saturated rings. The number of pyridine rings is 1. The second-order valence-electron chi connectivity index (χ2n) is 3.69. The van der Waals surface area contributed by atoms with Gasteiger partial charge in [-0.25, -0.2) is 4.79 Å². The predicted octanol–water partition coefficient (Wildman–Crippen LogP) is 3.24. The van der Waals surface area contributed by atoms with Crippen molar-refractivity contribution in [3.8, 4) is 11.5 Å². The molecule has 0 spiro atoms. The number of carbonyl (C=O) groups is 1. The number of carboxylic acids is 1. The molecular weight excluding hydrogens is 332 g/mol. The van der Waals surface area contributed by atoms with E-state index in [2.05, 4.69) is 20.9 Å². The molecule has 20 heavy (non-hydrogen) atoms. The summed E-state index contributed by atoms with van der Waals surface area (Å²) < 4.78 is 5.82. The van der Waals surface area contributed by atoms with Crippen LogP contribution in [0.1, 0.15) is 10.4 Å². The van der Waals surface area contributed by atoms with Crippen LogP contribution in [0.15, 0.2) is 41.1 Å². The molecule has 0 aliphatic heterocycles. The smallest absolute Gasteiger partial charge is 0.337 e. The van der Waals surface area contributed by atoms with Crippen LogP contribution in [-0.2, 0) is 0 Å². The van der Waals surface area contributed by atoms with Crippen molar-refractivity contribution in [2.24, 2.45) is 0 Å². The first kappa shape index (κ1) is 13.9. The Morgan fingerprint density at radius 1 is 1.35 bits per heavy atom. The Hall–Kier alpha value is -2.48. The van der Waals surface area contributed by atoms with Gasteiger partial charge in [0.25, 0.3) is 5.69 Å². The fourth-order valence-electron chi connectivity index (χ4n) is 1.40. The molecule has 0 unspecified atom stereocenters. The zero-order valence-corrected chi connectivity index (χ0v) is 11.4. The Labute approximate surface area is 121 Å². The van der Waals surface area contributed by atoms with Gasteiger partial charge in [0.05, 0.1) is 21.2 Å². The topological polar surface area (TPSA) is 103 Å². The van der Waals surface area contributed by atoms with Gasteiger partial charge in [0.2, 0.25) is 0 Å². The van der Waals surface area contributed by atoms with Gasteiger partial charge >= 0.3 is 5.97 Å². The lowest BCUT2D eigenvalue weighted by Gasteiger charge is -2.07. The van der Waals surface area contributed by atoms with Crippen molar-refractivity contribution in [1.29, 1.82) is 0 Å². The van der Waals surface area contributed by atoms with Gasteiger partial charge < -0.3 is 9.84 Å². The number of nitro benzene ring substituents is 1. The van der Waals surface area contributed by atoms with Crippen LogP contribution < -0.4 is 4.74 Å². The molecule has 0 atom stereocenters. The summed E-state index contributed by atoms with van der Waals surface area (Å²) in [4.78, 5) is 24.6. The molecule has 2 rings (SSSR count). The average Bonchev–Trinajstić information content (AvgIpc) is 2.41. The number of aromatic nitrogens is 1. The van der Waals surface area contributed by atoms with Crippen LogP contribution in [0.25, 0.3) is 0 Å². The van der Waals surface area contributed by atoms with E-state index in [4.69, 9.17) is 9.84 Å². The number of halogens is 1. The molecule has 0 amide bonds. The van der Waals surface area contributed by atoms with Crippen LogP contribution in [0.4, 0.5) is 5.69 Å². The summed E-state index contributed by atoms with van der Waals surface area (Å²) in [5, 5.41) is 19.5. The van der Waals surface area contributed by atoms with Crippen molar-refractivity contribution in [2.45, 2.75) is 0 Å². The minimum absolute atomic E-state index is 0.0134. The highest BCUT2D eigenvalue weighted by Crippen LogP contribution is 2.32. The Bertz CT molecular complexity index is 689. The first-order chi connectivity index (χ1) is 9.47. The number of ether oxygens (including phenoxy) is 1. The van der Waals surface area contributed by atoms with Gasteiger partial charge in [-0.2, -0.15) is 0 Å². The van der Waals surface area contributed by atoms with Gasteiger partial charge in [-0.1, -0.05) is 0 Å². The van der Waals surface area contributed by atoms with Gasteiger partial charge in [-0.05, 0) is 28.1 Å². The summed E-state index contributed by atoms with van der Waals surface area (Å²) >= 11 is 3.15. The predicted molar refractivity (Wildman–Crippen MR) is 72.1 cm³/mol. The van der Waals surface area contributed by atoms with Gasteiger partial charge in [-0.3, -0.25) is 15.1 Å². The molecule has 1 aromatic heterocycles. The van der Waals surface area contributed by atoms with E-state index >= 15 is 0 Å². The molecule has 2 aromatic rings. The number of hydrogen-bond acceptors (Lipinski definition) is 5. The lowest BCUT2D eigenvalue weighted by Crippen LogP contribution is -1.97. The molecule has 8 heteroatoms. The van der Waals surface area contributed by atoms with E-state index < -0.39 is 10.9 Å². The quantitative estimate of drug-likeness (QED) is 0.678. The van der Waals surface area contributed by atoms with E-state index in [1.54, 1.807) is 0 Å². The fourth-order valence-corrected chi connectivity index (χ4v) is 1.85. The van der Waals surface area contributed by atoms with Gasteiger partial charge in [-0.15, -0.1) is 0 Å². The van der Waals surface area contributed by atoms with E-state index in [9.17, 15) is 14.9 Å². The largest absolute Gasteiger partial charge is 0.478 e. The number of nitro groups is 1. The van der Waals surface area contributed by atoms with Crippen LogP contribution in [0, 0.1) is 10.1 Å². The van der Waals surface area contributed by atoms with Crippen LogP contribution >= 0.6 is 15.9 Å². The summed E-state index contributed by atoms with van der Waals surface area (Å²) in [6.45, 7) is 0. The van der Waals surface area contributed by atoms with Crippen molar-refractivity contribution >= 4 is 27.6 Å². The zero-order valence-electron chi connectivity index (χ0n) is 9.82. The molecule has 0 radical (unpaired) electrons. The summed E-state index contributed by atoms with van der Waals surface area (Å²) in [7, 11) is 0. The summed E-state index contributed by atoms with van der Waals surface area (Å²) in [6, 6.07) is 5.30. The number of carboxylic acid groups (broad SMARTS) is 1. The first-order valence-corrected chi connectivity index (χ1v) is 6.07. The standard InChI is InChI=1S/C12H7BrN2O5/c13-10-4-8(15(18)19)1-2-11(10)20-9-3-7(12(16)17)5-14-6-9/h1-6H,(H,16,17). The van der Waals surface area contributed by atoms with Crippen LogP contribution in [-0.4, -0.2) is 21.0 Å². The molecule has 1 aromatic carbocycles. The fraction of sp³-hybridized carbons (Fsp3) is 0. The van der Waals surface area contributed by atoms with Gasteiger partial charge in [0.1, 0.15) is 11.5 Å². The summed E-state index contributed by atoms with van der Waals surface area (Å²) in [5.74, 6) is -0.579. The Kier molecular flexibility index (Phi) is 3.94. The average molecular weight is 339 g/mol. The van der Waals surface area contributed by atoms with E-state index in [1.165, 1.54) is 36.7 Å². The second kappa shape index (κ2) is 5.66. The monoisotopic (exact) mass is 338 g/mol. The normalized spacial score (nSPS) is 10.1. The summed E-state index contributed by atoms with van der Waals surface area (Å²) in [5.41, 5.74) is -0.0952. The molecule has 1 heterocycles. The van der Waals surface area contributed by atoms with Crippen LogP contribution in [0.5, 0.6) is 11.5 Å². The molecule has 1 N–H and O–H groups in total. The molecule has 0 aliphatic carbocycles. The molecule has 0 saturated heterocycles. The second-order valence-corrected chi connectivity index (χ2v) is 4.54. The maximum Gasteiger partial charge on any atom is 0.337 e. The minimum atomic E-state index is -1.12. The molecule has 0 aliphatic rings. The molecular formula is C12H7BrN2O5. The SMILES string of the molecule is O=C(O)c1cncc(Oc2ccc([N+](=O)[O-])cc2Br)c1. The highest BCUT2D eigenvalue weighted by Gasteiger charge is 2.11. The van der Waals surface area contributed by atoms with Crippen LogP contribution in [0.3, 0.4) is 0 Å². The zero-order chi connectivity index (χ0) is 14.7. The van der Waals surface area contributed by atoms with Crippen molar-refractivity contribution < 1.29 is 19.6 Å². The van der Waals surface area contributed by atoms with E-state index in [0.29, 0.717) is 10.2 Å². The maximum atomic E-state index is 10.8. The van der Waals surface area contributed by atoms with E-state index in [1.807, 2.05) is 0 Å². The number of non-ortho nitro benzene ring substituents is 1. The minimum Gasteiger partial charge on any atom is -0.478 e. The number of hydrogen-bond donors (Lipinski definition) is 1. The number of rotatable bonds is 4. The third kappa shape index (κ3) is 3.09. The Balaban J connectivity index is 2.28. The number of nitrogens with zero attached hydrogens (tertiary/aromatic N) is 2. The van der Waals surface area contributed by atoms with Crippen molar-refractivity contribution in [1.82, 2.24) is 4.98 Å². The third-order valence-corrected chi connectivity index (χ3v) is 2.93. The molecule has 0 bridgehead atoms. The number of benzene rings is 1. The van der Waals surface area contributed by atoms with Crippen molar-refractivity contribution in [3.05, 3.63) is 56.8 Å². The van der Waals surface area contributed by atoms with Gasteiger partial charge in [0.15, 0.2) is 0 Å². The molecule has 7 nitrogen and oxygen atoms in total. The van der Waals surface area contributed by atoms with E-state index in [-0.39, 0.29) is 17.0 Å². The third-order valence-electron chi connectivity index (χ3n) is 2.31. The lowest BCUT2D eigenvalue weighted by atomic mass is 10.3. The summed E-state index contributed by atoms with van der Waals surface area (Å²) in [6.07, 6.45) is 2.54. The van der Waals surface area contributed by atoms with Gasteiger partial charge in [0, 0.05) is 18.3 Å². The number of aromatic carboxylic acids is 1. The Morgan fingerprint density at radius 3 is 2.70 bits per heavy atom. The lowest BCUT2D eigenvalue weighted by molar-refractivity contribution is -0.384. The van der Waals surface area contributed by atoms with E-state index in [0.717, 1.165) is 0 Å². The molecule has 102 valence electrons. The van der Waals surface area contributed by atoms with Crippen molar-refractivity contribution in [3.63, 3.8) is 0 Å². The first-order valence-electron chi connectivity index (χ1n) is 5.27. The van der Waals surface area contributed by atoms with Crippen molar-refractivity contribution in [2.75, 3.05) is 0 Å². The highest BCUT2D eigenvalue weighted by molar-refractivity contribution is 9.10. The maximum absolute atomic E-state index is 10.8. The van der Waals surface area contributed by atoms with Crippen LogP contribution in [0.2, 0.25) is 0 Å². The Morgan fingerprint density at radius 2 is 2.10 bits per heavy atom. The molecule has 0 saturated carbocycles. The highest BCUT2D eigenvalue weighted by atomic mass is 79.9.